The Bertz CT molecular complexity index is 1230. The molecule has 0 spiro atoms. The lowest BCUT2D eigenvalue weighted by molar-refractivity contribution is -0.151. The van der Waals surface area contributed by atoms with Gasteiger partial charge < -0.3 is 20.3 Å². The van der Waals surface area contributed by atoms with Gasteiger partial charge in [-0.05, 0) is 96.3 Å². The van der Waals surface area contributed by atoms with Gasteiger partial charge in [0.15, 0.2) is 0 Å². The first kappa shape index (κ1) is 64.3. The molecule has 0 radical (unpaired) electrons. The van der Waals surface area contributed by atoms with Gasteiger partial charge in [-0.25, -0.2) is 0 Å². The standard InChI is InChI=1S/C61H109NO5/c1-4-7-10-13-16-19-22-25-28-30-32-34-37-40-43-46-49-52-57(67-61(66)54-51-48-45-42-39-36-33-29-26-23-20-17-14-11-8-5-2)55-60(65)62-58(56-63)59(64)53-50-47-44-41-38-35-31-27-24-21-18-15-12-9-6-3/h8,11,16-17,19-20,25-26,28-29,36,39,57-59,63-64H,4-7,9-10,12-15,18,21-24,27,30-35,37-38,40-56H2,1-3H3,(H,62,65)/b11-8+,19-16-,20-17+,28-25-,29-26+,39-36+. The van der Waals surface area contributed by atoms with E-state index in [1.807, 2.05) is 0 Å². The van der Waals surface area contributed by atoms with Gasteiger partial charge in [0.2, 0.25) is 5.91 Å². The second kappa shape index (κ2) is 54.2. The Labute approximate surface area is 415 Å². The van der Waals surface area contributed by atoms with Crippen LogP contribution >= 0.6 is 0 Å². The number of unbranched alkanes of at least 4 members (excludes halogenated alkanes) is 27. The van der Waals surface area contributed by atoms with Gasteiger partial charge in [-0.1, -0.05) is 241 Å². The number of hydrogen-bond acceptors (Lipinski definition) is 5. The molecule has 6 heteroatoms. The van der Waals surface area contributed by atoms with Crippen molar-refractivity contribution in [3.05, 3.63) is 72.9 Å². The van der Waals surface area contributed by atoms with Crippen molar-refractivity contribution in [1.82, 2.24) is 5.32 Å². The molecule has 388 valence electrons. The molecule has 0 fully saturated rings. The van der Waals surface area contributed by atoms with E-state index >= 15 is 0 Å². The Kier molecular flexibility index (Phi) is 52.1. The summed E-state index contributed by atoms with van der Waals surface area (Å²) in [5.74, 6) is -0.514. The molecule has 3 atom stereocenters. The van der Waals surface area contributed by atoms with Crippen LogP contribution in [0.5, 0.6) is 0 Å². The fraction of sp³-hybridized carbons (Fsp3) is 0.770. The van der Waals surface area contributed by atoms with E-state index in [9.17, 15) is 19.8 Å². The van der Waals surface area contributed by atoms with Crippen molar-refractivity contribution >= 4 is 11.9 Å². The Morgan fingerprint density at radius 3 is 1.25 bits per heavy atom. The van der Waals surface area contributed by atoms with Gasteiger partial charge in [-0.3, -0.25) is 9.59 Å². The van der Waals surface area contributed by atoms with Crippen LogP contribution in [0.15, 0.2) is 72.9 Å². The molecule has 3 N–H and O–H groups in total. The van der Waals surface area contributed by atoms with E-state index < -0.39 is 18.2 Å². The number of carbonyl (C=O) groups is 2. The highest BCUT2D eigenvalue weighted by Gasteiger charge is 2.24. The minimum absolute atomic E-state index is 0.0575. The fourth-order valence-corrected chi connectivity index (χ4v) is 8.45. The van der Waals surface area contributed by atoms with E-state index in [2.05, 4.69) is 99.0 Å². The number of rotatable bonds is 51. The van der Waals surface area contributed by atoms with Crippen molar-refractivity contribution in [3.8, 4) is 0 Å². The van der Waals surface area contributed by atoms with Crippen LogP contribution in [0.4, 0.5) is 0 Å². The summed E-state index contributed by atoms with van der Waals surface area (Å²) in [6.45, 7) is 6.36. The predicted molar refractivity (Wildman–Crippen MR) is 291 cm³/mol. The molecule has 0 aromatic carbocycles. The molecule has 0 saturated heterocycles. The quantitative estimate of drug-likeness (QED) is 0.0321. The van der Waals surface area contributed by atoms with Gasteiger partial charge >= 0.3 is 5.97 Å². The molecular formula is C61H109NO5. The van der Waals surface area contributed by atoms with Crippen LogP contribution in [0.1, 0.15) is 278 Å². The molecule has 0 bridgehead atoms. The molecule has 67 heavy (non-hydrogen) atoms. The number of hydrogen-bond donors (Lipinski definition) is 3. The Morgan fingerprint density at radius 1 is 0.448 bits per heavy atom. The summed E-state index contributed by atoms with van der Waals surface area (Å²) in [4.78, 5) is 26.3. The maximum atomic E-state index is 13.3. The number of carbonyl (C=O) groups excluding carboxylic acids is 2. The summed E-state index contributed by atoms with van der Waals surface area (Å²) in [6.07, 6.45) is 69.6. The second-order valence-electron chi connectivity index (χ2n) is 19.3. The minimum atomic E-state index is -0.799. The summed E-state index contributed by atoms with van der Waals surface area (Å²) < 4.78 is 5.95. The number of nitrogens with one attached hydrogen (secondary N) is 1. The third-order valence-electron chi connectivity index (χ3n) is 12.8. The number of aliphatic hydroxyl groups is 2. The van der Waals surface area contributed by atoms with Crippen molar-refractivity contribution < 1.29 is 24.5 Å². The van der Waals surface area contributed by atoms with Crippen LogP contribution in [0.25, 0.3) is 0 Å². The summed E-state index contributed by atoms with van der Waals surface area (Å²) >= 11 is 0. The van der Waals surface area contributed by atoms with Crippen molar-refractivity contribution in [2.45, 2.75) is 296 Å². The first-order valence-corrected chi connectivity index (χ1v) is 28.7. The lowest BCUT2D eigenvalue weighted by Gasteiger charge is -2.24. The van der Waals surface area contributed by atoms with Crippen LogP contribution in [-0.2, 0) is 14.3 Å². The van der Waals surface area contributed by atoms with Crippen LogP contribution in [0.3, 0.4) is 0 Å². The van der Waals surface area contributed by atoms with E-state index in [4.69, 9.17) is 4.74 Å². The molecule has 0 heterocycles. The monoisotopic (exact) mass is 936 g/mol. The summed E-state index contributed by atoms with van der Waals surface area (Å²) in [7, 11) is 0. The van der Waals surface area contributed by atoms with E-state index in [0.29, 0.717) is 19.3 Å². The highest BCUT2D eigenvalue weighted by molar-refractivity contribution is 5.77. The number of allylic oxidation sites excluding steroid dienone is 12. The lowest BCUT2D eigenvalue weighted by Crippen LogP contribution is -2.46. The van der Waals surface area contributed by atoms with Gasteiger partial charge in [0, 0.05) is 6.42 Å². The van der Waals surface area contributed by atoms with Gasteiger partial charge in [0.25, 0.3) is 0 Å². The number of esters is 1. The van der Waals surface area contributed by atoms with Crippen molar-refractivity contribution in [2.24, 2.45) is 0 Å². The molecule has 0 aromatic heterocycles. The summed E-state index contributed by atoms with van der Waals surface area (Å²) in [5, 5.41) is 23.9. The van der Waals surface area contributed by atoms with Gasteiger partial charge in [-0.2, -0.15) is 0 Å². The molecule has 0 rings (SSSR count). The zero-order chi connectivity index (χ0) is 48.8. The first-order chi connectivity index (χ1) is 33.0. The molecule has 0 saturated carbocycles. The van der Waals surface area contributed by atoms with E-state index in [1.54, 1.807) is 0 Å². The third-order valence-corrected chi connectivity index (χ3v) is 12.8. The van der Waals surface area contributed by atoms with E-state index in [-0.39, 0.29) is 24.9 Å². The molecule has 0 aliphatic heterocycles. The first-order valence-electron chi connectivity index (χ1n) is 28.7. The summed E-state index contributed by atoms with van der Waals surface area (Å²) in [6, 6.07) is -0.715. The fourth-order valence-electron chi connectivity index (χ4n) is 8.45. The zero-order valence-corrected chi connectivity index (χ0v) is 44.3. The van der Waals surface area contributed by atoms with Crippen LogP contribution in [0, 0.1) is 0 Å². The summed E-state index contributed by atoms with van der Waals surface area (Å²) in [5.41, 5.74) is 0. The SMILES string of the molecule is CC/C=C/C/C=C/C/C=C/C/C=C/CCCCCC(=O)OC(CCCCCCCCC/C=C\C/C=C\CCCCC)CC(=O)NC(CO)C(O)CCCCCCCCCCCCCCCCC. The topological polar surface area (TPSA) is 95.9 Å². The van der Waals surface area contributed by atoms with Crippen molar-refractivity contribution in [2.75, 3.05) is 6.61 Å². The number of amides is 1. The Hall–Kier alpha value is -2.70. The molecule has 6 nitrogen and oxygen atoms in total. The van der Waals surface area contributed by atoms with E-state index in [0.717, 1.165) is 103 Å². The van der Waals surface area contributed by atoms with Crippen LogP contribution in [-0.4, -0.2) is 46.9 Å². The molecule has 3 unspecified atom stereocenters. The highest BCUT2D eigenvalue weighted by Crippen LogP contribution is 2.18. The van der Waals surface area contributed by atoms with Crippen LogP contribution in [0.2, 0.25) is 0 Å². The maximum absolute atomic E-state index is 13.3. The minimum Gasteiger partial charge on any atom is -0.462 e. The number of ether oxygens (including phenoxy) is 1. The number of aliphatic hydroxyl groups excluding tert-OH is 2. The van der Waals surface area contributed by atoms with Gasteiger partial charge in [0.05, 0.1) is 25.2 Å². The smallest absolute Gasteiger partial charge is 0.306 e. The Balaban J connectivity index is 4.64. The second-order valence-corrected chi connectivity index (χ2v) is 19.3. The molecular weight excluding hydrogens is 827 g/mol. The van der Waals surface area contributed by atoms with Gasteiger partial charge in [-0.15, -0.1) is 0 Å². The van der Waals surface area contributed by atoms with Crippen molar-refractivity contribution in [1.29, 1.82) is 0 Å². The average molecular weight is 937 g/mol. The molecule has 1 amide bonds. The maximum Gasteiger partial charge on any atom is 0.306 e. The van der Waals surface area contributed by atoms with Crippen molar-refractivity contribution in [3.63, 3.8) is 0 Å². The van der Waals surface area contributed by atoms with E-state index in [1.165, 1.54) is 128 Å². The Morgan fingerprint density at radius 2 is 0.806 bits per heavy atom. The lowest BCUT2D eigenvalue weighted by atomic mass is 10.0. The largest absolute Gasteiger partial charge is 0.462 e. The predicted octanol–water partition coefficient (Wildman–Crippen LogP) is 17.7. The highest BCUT2D eigenvalue weighted by atomic mass is 16.5. The molecule has 0 aliphatic rings. The normalized spacial score (nSPS) is 13.7. The van der Waals surface area contributed by atoms with Crippen LogP contribution < -0.4 is 5.32 Å². The third kappa shape index (κ3) is 49.5. The van der Waals surface area contributed by atoms with Gasteiger partial charge in [0.1, 0.15) is 6.10 Å². The average Bonchev–Trinajstić information content (AvgIpc) is 3.32. The molecule has 0 aliphatic carbocycles. The molecule has 0 aromatic rings. The zero-order valence-electron chi connectivity index (χ0n) is 44.3.